The molecule has 2 aliphatic rings. The van der Waals surface area contributed by atoms with Crippen LogP contribution in [0.1, 0.15) is 6.42 Å². The van der Waals surface area contributed by atoms with E-state index in [1.54, 1.807) is 11.8 Å². The molecule has 138 valence electrons. The second kappa shape index (κ2) is 8.05. The van der Waals surface area contributed by atoms with Crippen molar-refractivity contribution in [3.05, 3.63) is 24.5 Å². The molecule has 1 N–H and O–H groups in total. The molecule has 9 heteroatoms. The van der Waals surface area contributed by atoms with E-state index in [1.165, 1.54) is 0 Å². The largest absolute Gasteiger partial charge is 0.378 e. The van der Waals surface area contributed by atoms with E-state index in [4.69, 9.17) is 4.74 Å². The van der Waals surface area contributed by atoms with Gasteiger partial charge in [0.1, 0.15) is 11.6 Å². The fraction of sp³-hybridized carbons (Fsp3) is 0.529. The first-order chi connectivity index (χ1) is 12.8. The van der Waals surface area contributed by atoms with E-state index in [0.29, 0.717) is 12.0 Å². The van der Waals surface area contributed by atoms with E-state index < -0.39 is 0 Å². The third-order valence-electron chi connectivity index (χ3n) is 4.62. The highest BCUT2D eigenvalue weighted by Gasteiger charge is 2.24. The van der Waals surface area contributed by atoms with Crippen molar-refractivity contribution in [2.24, 2.45) is 0 Å². The van der Waals surface area contributed by atoms with Crippen molar-refractivity contribution in [1.82, 2.24) is 19.9 Å². The lowest BCUT2D eigenvalue weighted by atomic mass is 10.3. The Morgan fingerprint density at radius 2 is 1.81 bits per heavy atom. The third-order valence-corrected chi connectivity index (χ3v) is 5.18. The van der Waals surface area contributed by atoms with Crippen LogP contribution in [0.4, 0.5) is 17.6 Å². The number of hydrogen-bond donors (Lipinski definition) is 1. The van der Waals surface area contributed by atoms with Gasteiger partial charge in [-0.25, -0.2) is 15.0 Å². The van der Waals surface area contributed by atoms with Crippen molar-refractivity contribution in [3.63, 3.8) is 0 Å². The summed E-state index contributed by atoms with van der Waals surface area (Å²) in [5, 5.41) is 4.28. The number of rotatable bonds is 5. The van der Waals surface area contributed by atoms with Crippen LogP contribution in [0.2, 0.25) is 0 Å². The molecule has 2 aromatic rings. The van der Waals surface area contributed by atoms with Crippen molar-refractivity contribution >= 4 is 29.3 Å². The van der Waals surface area contributed by atoms with Crippen LogP contribution in [0.25, 0.3) is 0 Å². The zero-order chi connectivity index (χ0) is 17.8. The maximum atomic E-state index is 5.41. The van der Waals surface area contributed by atoms with Gasteiger partial charge < -0.3 is 19.9 Å². The second-order valence-electron chi connectivity index (χ2n) is 6.32. The molecule has 1 unspecified atom stereocenters. The van der Waals surface area contributed by atoms with Gasteiger partial charge in [0.05, 0.1) is 13.2 Å². The Labute approximate surface area is 157 Å². The number of morpholine rings is 1. The highest BCUT2D eigenvalue weighted by atomic mass is 32.2. The minimum absolute atomic E-state index is 0.308. The number of hydrogen-bond acceptors (Lipinski definition) is 9. The second-order valence-corrected chi connectivity index (χ2v) is 7.09. The third kappa shape index (κ3) is 3.99. The SMILES string of the molecule is CSc1nccc(N2CCC(Nc3nccc(N4CCOCC4)n3)C2)n1. The van der Waals surface area contributed by atoms with Crippen LogP contribution >= 0.6 is 11.8 Å². The van der Waals surface area contributed by atoms with Gasteiger partial charge in [0.2, 0.25) is 5.95 Å². The molecule has 4 rings (SSSR count). The van der Waals surface area contributed by atoms with Crippen LogP contribution in [0, 0.1) is 0 Å². The molecule has 2 aliphatic heterocycles. The zero-order valence-electron chi connectivity index (χ0n) is 14.8. The fourth-order valence-electron chi connectivity index (χ4n) is 3.26. The molecule has 0 spiro atoms. The van der Waals surface area contributed by atoms with Gasteiger partial charge in [0, 0.05) is 44.6 Å². The van der Waals surface area contributed by atoms with Crippen LogP contribution in [0.3, 0.4) is 0 Å². The van der Waals surface area contributed by atoms with E-state index in [2.05, 4.69) is 35.1 Å². The molecular weight excluding hydrogens is 350 g/mol. The summed E-state index contributed by atoms with van der Waals surface area (Å²) in [6, 6.07) is 4.24. The first kappa shape index (κ1) is 17.3. The maximum Gasteiger partial charge on any atom is 0.224 e. The average molecular weight is 373 g/mol. The summed E-state index contributed by atoms with van der Waals surface area (Å²) in [5.74, 6) is 2.63. The molecule has 0 aliphatic carbocycles. The van der Waals surface area contributed by atoms with Gasteiger partial charge in [-0.1, -0.05) is 11.8 Å². The van der Waals surface area contributed by atoms with Gasteiger partial charge in [0.25, 0.3) is 0 Å². The molecule has 0 amide bonds. The van der Waals surface area contributed by atoms with E-state index >= 15 is 0 Å². The van der Waals surface area contributed by atoms with Crippen LogP contribution < -0.4 is 15.1 Å². The molecule has 8 nitrogen and oxygen atoms in total. The number of nitrogens with one attached hydrogen (secondary N) is 1. The predicted molar refractivity (Wildman–Crippen MR) is 103 cm³/mol. The summed E-state index contributed by atoms with van der Waals surface area (Å²) in [5.41, 5.74) is 0. The fourth-order valence-corrected chi connectivity index (χ4v) is 3.61. The molecule has 26 heavy (non-hydrogen) atoms. The molecule has 4 heterocycles. The quantitative estimate of drug-likeness (QED) is 0.620. The Morgan fingerprint density at radius 1 is 1.04 bits per heavy atom. The lowest BCUT2D eigenvalue weighted by Crippen LogP contribution is -2.37. The van der Waals surface area contributed by atoms with Crippen molar-refractivity contribution in [1.29, 1.82) is 0 Å². The minimum Gasteiger partial charge on any atom is -0.378 e. The van der Waals surface area contributed by atoms with Crippen LogP contribution in [-0.4, -0.2) is 71.6 Å². The van der Waals surface area contributed by atoms with Gasteiger partial charge in [-0.2, -0.15) is 4.98 Å². The highest BCUT2D eigenvalue weighted by Crippen LogP contribution is 2.22. The Bertz CT molecular complexity index is 741. The smallest absolute Gasteiger partial charge is 0.224 e. The monoisotopic (exact) mass is 373 g/mol. The Balaban J connectivity index is 1.39. The standard InChI is InChI=1S/C17H23N7OS/c1-26-17-19-6-3-15(22-17)24-7-4-13(12-24)20-16-18-5-2-14(21-16)23-8-10-25-11-9-23/h2-3,5-6,13H,4,7-12H2,1H3,(H,18,20,21). The average Bonchev–Trinajstić information content (AvgIpc) is 3.17. The van der Waals surface area contributed by atoms with Crippen molar-refractivity contribution in [2.75, 3.05) is 60.8 Å². The van der Waals surface area contributed by atoms with Crippen molar-refractivity contribution < 1.29 is 4.74 Å². The number of thioether (sulfide) groups is 1. The first-order valence-corrected chi connectivity index (χ1v) is 10.1. The highest BCUT2D eigenvalue weighted by molar-refractivity contribution is 7.98. The summed E-state index contributed by atoms with van der Waals surface area (Å²) in [6.07, 6.45) is 6.67. The first-order valence-electron chi connectivity index (χ1n) is 8.86. The Morgan fingerprint density at radius 3 is 2.62 bits per heavy atom. The zero-order valence-corrected chi connectivity index (χ0v) is 15.7. The Kier molecular flexibility index (Phi) is 5.35. The van der Waals surface area contributed by atoms with Crippen molar-refractivity contribution in [3.8, 4) is 0 Å². The summed E-state index contributed by atoms with van der Waals surface area (Å²) in [7, 11) is 0. The molecule has 0 radical (unpaired) electrons. The lowest BCUT2D eigenvalue weighted by Gasteiger charge is -2.28. The summed E-state index contributed by atoms with van der Waals surface area (Å²) in [4.78, 5) is 22.4. The Hall–Kier alpha value is -2.13. The van der Waals surface area contributed by atoms with Gasteiger partial charge in [0.15, 0.2) is 5.16 Å². The van der Waals surface area contributed by atoms with E-state index in [9.17, 15) is 0 Å². The van der Waals surface area contributed by atoms with E-state index in [0.717, 1.165) is 62.6 Å². The van der Waals surface area contributed by atoms with Gasteiger partial charge in [-0.05, 0) is 24.8 Å². The molecule has 1 atom stereocenters. The summed E-state index contributed by atoms with van der Waals surface area (Å²) < 4.78 is 5.41. The van der Waals surface area contributed by atoms with E-state index in [1.807, 2.05) is 30.8 Å². The molecule has 2 fully saturated rings. The normalized spacial score (nSPS) is 20.4. The van der Waals surface area contributed by atoms with Gasteiger partial charge in [-0.3, -0.25) is 0 Å². The maximum absolute atomic E-state index is 5.41. The molecular formula is C17H23N7OS. The molecule has 0 saturated carbocycles. The van der Waals surface area contributed by atoms with Crippen LogP contribution in [0.15, 0.2) is 29.7 Å². The van der Waals surface area contributed by atoms with Gasteiger partial charge >= 0.3 is 0 Å². The number of nitrogens with zero attached hydrogens (tertiary/aromatic N) is 6. The predicted octanol–water partition coefficient (Wildman–Crippen LogP) is 1.52. The number of aromatic nitrogens is 4. The lowest BCUT2D eigenvalue weighted by molar-refractivity contribution is 0.122. The molecule has 0 bridgehead atoms. The van der Waals surface area contributed by atoms with Gasteiger partial charge in [-0.15, -0.1) is 0 Å². The topological polar surface area (TPSA) is 79.3 Å². The summed E-state index contributed by atoms with van der Waals surface area (Å²) >= 11 is 1.56. The summed E-state index contributed by atoms with van der Waals surface area (Å²) in [6.45, 7) is 5.10. The number of anilines is 3. The van der Waals surface area contributed by atoms with Crippen molar-refractivity contribution in [2.45, 2.75) is 17.6 Å². The van der Waals surface area contributed by atoms with Crippen LogP contribution in [-0.2, 0) is 4.74 Å². The number of ether oxygens (including phenoxy) is 1. The molecule has 2 saturated heterocycles. The van der Waals surface area contributed by atoms with E-state index in [-0.39, 0.29) is 0 Å². The van der Waals surface area contributed by atoms with Crippen LogP contribution in [0.5, 0.6) is 0 Å². The molecule has 0 aromatic carbocycles. The minimum atomic E-state index is 0.308. The molecule has 2 aromatic heterocycles.